The van der Waals surface area contributed by atoms with Crippen molar-refractivity contribution in [3.05, 3.63) is 48.5 Å². The molecule has 3 N–H and O–H groups in total. The van der Waals surface area contributed by atoms with E-state index in [-0.39, 0.29) is 11.9 Å². The van der Waals surface area contributed by atoms with Gasteiger partial charge in [-0.05, 0) is 43.2 Å². The maximum Gasteiger partial charge on any atom is 0.247 e. The van der Waals surface area contributed by atoms with Crippen molar-refractivity contribution >= 4 is 28.3 Å². The number of nitrogens with zero attached hydrogens (tertiary/aromatic N) is 1. The number of rotatable bonds is 5. The lowest BCUT2D eigenvalue weighted by atomic mass is 10.1. The van der Waals surface area contributed by atoms with Gasteiger partial charge in [-0.25, -0.2) is 9.35 Å². The minimum Gasteiger partial charge on any atom is -0.495 e. The number of amides is 1. The highest BCUT2D eigenvalue weighted by molar-refractivity contribution is 7.82. The van der Waals surface area contributed by atoms with Crippen LogP contribution in [0.3, 0.4) is 0 Å². The lowest BCUT2D eigenvalue weighted by Crippen LogP contribution is -2.39. The Morgan fingerprint density at radius 1 is 1.28 bits per heavy atom. The Morgan fingerprint density at radius 2 is 2.08 bits per heavy atom. The van der Waals surface area contributed by atoms with Gasteiger partial charge in [0.15, 0.2) is 0 Å². The molecule has 0 saturated carbocycles. The minimum absolute atomic E-state index is 0.0941. The van der Waals surface area contributed by atoms with Crippen LogP contribution >= 0.6 is 0 Å². The van der Waals surface area contributed by atoms with Gasteiger partial charge in [0.2, 0.25) is 5.91 Å². The van der Waals surface area contributed by atoms with Gasteiger partial charge in [-0.3, -0.25) is 4.79 Å². The fourth-order valence-electron chi connectivity index (χ4n) is 3.12. The number of carbonyl (C=O) groups is 1. The highest BCUT2D eigenvalue weighted by Crippen LogP contribution is 2.33. The standard InChI is InChI=1S/C18H21N3O3S/c1-24-17-10-3-2-8-15(17)21-11-5-9-16(21)18(22)20-13-6-4-7-14(12-13)25(19)23/h2-4,6-8,10,12,16H,5,9,11,19H2,1H3,(H,20,22). The van der Waals surface area contributed by atoms with Gasteiger partial charge in [0.05, 0.1) is 17.7 Å². The van der Waals surface area contributed by atoms with E-state index in [1.165, 1.54) is 0 Å². The Kier molecular flexibility index (Phi) is 5.35. The number of anilines is 2. The van der Waals surface area contributed by atoms with Crippen LogP contribution in [0.25, 0.3) is 0 Å². The molecule has 132 valence electrons. The first-order valence-corrected chi connectivity index (χ1v) is 9.28. The Balaban J connectivity index is 1.79. The van der Waals surface area contributed by atoms with Gasteiger partial charge in [0.25, 0.3) is 0 Å². The van der Waals surface area contributed by atoms with E-state index in [4.69, 9.17) is 9.88 Å². The second kappa shape index (κ2) is 7.67. The Morgan fingerprint density at radius 3 is 2.84 bits per heavy atom. The first kappa shape index (κ1) is 17.4. The highest BCUT2D eigenvalue weighted by Gasteiger charge is 2.32. The third kappa shape index (κ3) is 3.83. The summed E-state index contributed by atoms with van der Waals surface area (Å²) in [4.78, 5) is 15.3. The zero-order valence-electron chi connectivity index (χ0n) is 14.0. The molecule has 0 aliphatic carbocycles. The Hall–Kier alpha value is -2.38. The van der Waals surface area contributed by atoms with E-state index in [1.54, 1.807) is 31.4 Å². The molecule has 3 rings (SSSR count). The summed E-state index contributed by atoms with van der Waals surface area (Å²) in [6.07, 6.45) is 1.70. The van der Waals surface area contributed by atoms with Crippen molar-refractivity contribution in [2.75, 3.05) is 23.9 Å². The molecule has 25 heavy (non-hydrogen) atoms. The molecule has 7 heteroatoms. The number of methoxy groups -OCH3 is 1. The molecule has 2 unspecified atom stereocenters. The van der Waals surface area contributed by atoms with E-state index < -0.39 is 11.0 Å². The van der Waals surface area contributed by atoms with Gasteiger partial charge in [-0.1, -0.05) is 18.2 Å². The first-order valence-electron chi connectivity index (χ1n) is 8.07. The molecule has 0 aromatic heterocycles. The smallest absolute Gasteiger partial charge is 0.247 e. The van der Waals surface area contributed by atoms with Crippen LogP contribution in [0.2, 0.25) is 0 Å². The fourth-order valence-corrected chi connectivity index (χ4v) is 3.58. The van der Waals surface area contributed by atoms with E-state index in [9.17, 15) is 9.00 Å². The molecule has 1 aliphatic heterocycles. The Labute approximate surface area is 149 Å². The third-order valence-electron chi connectivity index (χ3n) is 4.28. The molecule has 1 aliphatic rings. The average Bonchev–Trinajstić information content (AvgIpc) is 3.11. The predicted octanol–water partition coefficient (Wildman–Crippen LogP) is 2.28. The van der Waals surface area contributed by atoms with Crippen LogP contribution in [0.1, 0.15) is 12.8 Å². The summed E-state index contributed by atoms with van der Waals surface area (Å²) < 4.78 is 16.8. The van der Waals surface area contributed by atoms with Gasteiger partial charge >= 0.3 is 0 Å². The maximum absolute atomic E-state index is 12.8. The largest absolute Gasteiger partial charge is 0.495 e. The third-order valence-corrected chi connectivity index (χ3v) is 5.00. The second-order valence-corrected chi connectivity index (χ2v) is 6.90. The SMILES string of the molecule is COc1ccccc1N1CCCC1C(=O)Nc1cccc(S(N)=O)c1. The van der Waals surface area contributed by atoms with E-state index in [0.29, 0.717) is 10.6 Å². The van der Waals surface area contributed by atoms with Crippen molar-refractivity contribution < 1.29 is 13.7 Å². The normalized spacial score (nSPS) is 18.0. The molecule has 1 saturated heterocycles. The Bertz CT molecular complexity index is 797. The molecule has 0 radical (unpaired) electrons. The number of hydrogen-bond donors (Lipinski definition) is 2. The lowest BCUT2D eigenvalue weighted by molar-refractivity contribution is -0.117. The molecule has 2 aromatic rings. The van der Waals surface area contributed by atoms with Crippen molar-refractivity contribution in [2.45, 2.75) is 23.8 Å². The topological polar surface area (TPSA) is 84.7 Å². The summed E-state index contributed by atoms with van der Waals surface area (Å²) in [6, 6.07) is 14.2. The summed E-state index contributed by atoms with van der Waals surface area (Å²) >= 11 is 0. The van der Waals surface area contributed by atoms with E-state index in [0.717, 1.165) is 30.8 Å². The van der Waals surface area contributed by atoms with Crippen molar-refractivity contribution in [3.8, 4) is 5.75 Å². The van der Waals surface area contributed by atoms with Crippen LogP contribution in [0.5, 0.6) is 5.75 Å². The molecule has 0 spiro atoms. The number of carbonyl (C=O) groups excluding carboxylic acids is 1. The van der Waals surface area contributed by atoms with Gasteiger partial charge in [0.1, 0.15) is 22.8 Å². The first-order chi connectivity index (χ1) is 12.1. The number of ether oxygens (including phenoxy) is 1. The fraction of sp³-hybridized carbons (Fsp3) is 0.278. The molecule has 6 nitrogen and oxygen atoms in total. The minimum atomic E-state index is -1.58. The van der Waals surface area contributed by atoms with E-state index in [1.807, 2.05) is 24.3 Å². The molecular formula is C18H21N3O3S. The van der Waals surface area contributed by atoms with Crippen LogP contribution < -0.4 is 20.1 Å². The average molecular weight is 359 g/mol. The molecule has 1 amide bonds. The van der Waals surface area contributed by atoms with Crippen LogP contribution in [0.15, 0.2) is 53.4 Å². The van der Waals surface area contributed by atoms with E-state index >= 15 is 0 Å². The van der Waals surface area contributed by atoms with E-state index in [2.05, 4.69) is 10.2 Å². The highest BCUT2D eigenvalue weighted by atomic mass is 32.2. The molecule has 1 fully saturated rings. The van der Waals surface area contributed by atoms with Crippen molar-refractivity contribution in [3.63, 3.8) is 0 Å². The summed E-state index contributed by atoms with van der Waals surface area (Å²) in [5, 5.41) is 8.31. The van der Waals surface area contributed by atoms with Gasteiger partial charge < -0.3 is 15.0 Å². The lowest BCUT2D eigenvalue weighted by Gasteiger charge is -2.27. The number of nitrogens with one attached hydrogen (secondary N) is 1. The number of para-hydroxylation sites is 2. The quantitative estimate of drug-likeness (QED) is 0.858. The van der Waals surface area contributed by atoms with Gasteiger partial charge in [0, 0.05) is 12.2 Å². The van der Waals surface area contributed by atoms with Crippen molar-refractivity contribution in [2.24, 2.45) is 5.14 Å². The molecular weight excluding hydrogens is 338 g/mol. The number of nitrogens with two attached hydrogens (primary N) is 1. The summed E-state index contributed by atoms with van der Waals surface area (Å²) in [5.74, 6) is 0.658. The van der Waals surface area contributed by atoms with Crippen molar-refractivity contribution in [1.29, 1.82) is 0 Å². The predicted molar refractivity (Wildman–Crippen MR) is 99.0 cm³/mol. The zero-order valence-corrected chi connectivity index (χ0v) is 14.8. The second-order valence-electron chi connectivity index (χ2n) is 5.84. The summed E-state index contributed by atoms with van der Waals surface area (Å²) in [7, 11) is 0.0521. The van der Waals surface area contributed by atoms with Crippen LogP contribution in [0.4, 0.5) is 11.4 Å². The monoisotopic (exact) mass is 359 g/mol. The molecule has 2 aromatic carbocycles. The zero-order chi connectivity index (χ0) is 17.8. The molecule has 1 heterocycles. The molecule has 2 atom stereocenters. The summed E-state index contributed by atoms with van der Waals surface area (Å²) in [6.45, 7) is 0.797. The van der Waals surface area contributed by atoms with Gasteiger partial charge in [-0.15, -0.1) is 0 Å². The van der Waals surface area contributed by atoms with Gasteiger partial charge in [-0.2, -0.15) is 0 Å². The number of benzene rings is 2. The van der Waals surface area contributed by atoms with Crippen LogP contribution in [0, 0.1) is 0 Å². The van der Waals surface area contributed by atoms with Crippen LogP contribution in [-0.2, 0) is 15.8 Å². The number of hydrogen-bond acceptors (Lipinski definition) is 4. The summed E-state index contributed by atoms with van der Waals surface area (Å²) in [5.41, 5.74) is 1.51. The maximum atomic E-state index is 12.8. The van der Waals surface area contributed by atoms with Crippen LogP contribution in [-0.4, -0.2) is 29.8 Å². The molecule has 0 bridgehead atoms. The van der Waals surface area contributed by atoms with Crippen molar-refractivity contribution in [1.82, 2.24) is 0 Å².